The zero-order chi connectivity index (χ0) is 28.8. The van der Waals surface area contributed by atoms with Gasteiger partial charge in [0, 0.05) is 17.1 Å². The van der Waals surface area contributed by atoms with Gasteiger partial charge in [0.05, 0.1) is 18.2 Å². The number of urea groups is 2. The van der Waals surface area contributed by atoms with Crippen LogP contribution in [0.5, 0.6) is 0 Å². The molecule has 1 atom stereocenters. The molecule has 0 aliphatic rings. The molecule has 0 aromatic heterocycles. The van der Waals surface area contributed by atoms with Gasteiger partial charge in [0.15, 0.2) is 0 Å². The fourth-order valence-electron chi connectivity index (χ4n) is 3.44. The molecule has 3 rings (SSSR count). The molecule has 39 heavy (non-hydrogen) atoms. The second-order valence-corrected chi connectivity index (χ2v) is 8.83. The van der Waals surface area contributed by atoms with Gasteiger partial charge in [-0.1, -0.05) is 37.6 Å². The average molecular weight is 555 g/mol. The summed E-state index contributed by atoms with van der Waals surface area (Å²) in [6, 6.07) is 18.1. The lowest BCUT2D eigenvalue weighted by molar-refractivity contribution is -0.137. The number of aliphatic carboxylic acids is 1. The van der Waals surface area contributed by atoms with Crippen molar-refractivity contribution < 1.29 is 27.9 Å². The molecule has 8 N–H and O–H groups in total. The minimum atomic E-state index is -2.64. The maximum atomic E-state index is 12.2. The van der Waals surface area contributed by atoms with Crippen LogP contribution in [-0.4, -0.2) is 31.6 Å². The molecule has 0 heterocycles. The minimum absolute atomic E-state index is 0.131. The molecule has 206 valence electrons. The van der Waals surface area contributed by atoms with Gasteiger partial charge in [-0.15, -0.1) is 4.36 Å². The Kier molecular flexibility index (Phi) is 11.9. The van der Waals surface area contributed by atoms with Crippen LogP contribution >= 0.6 is 0 Å². The summed E-state index contributed by atoms with van der Waals surface area (Å²) in [5, 5.41) is 16.7. The molecule has 0 saturated heterocycles. The highest BCUT2D eigenvalue weighted by atomic mass is 32.2. The number of aryl methyl sites for hydroxylation is 1. The van der Waals surface area contributed by atoms with Crippen molar-refractivity contribution in [3.05, 3.63) is 83.9 Å². The monoisotopic (exact) mass is 554 g/mol. The summed E-state index contributed by atoms with van der Waals surface area (Å²) in [7, 11) is -2.64. The van der Waals surface area contributed by atoms with Crippen LogP contribution in [-0.2, 0) is 21.7 Å². The van der Waals surface area contributed by atoms with Gasteiger partial charge >= 0.3 is 28.5 Å². The van der Waals surface area contributed by atoms with Crippen molar-refractivity contribution in [1.82, 2.24) is 5.32 Å². The first-order valence-electron chi connectivity index (χ1n) is 11.8. The van der Waals surface area contributed by atoms with E-state index in [1.807, 2.05) is 24.3 Å². The summed E-state index contributed by atoms with van der Waals surface area (Å²) in [6.07, 6.45) is 1.73. The number of nitrogen functional groups attached to an aromatic ring is 1. The molecular weight excluding hydrogens is 524 g/mol. The summed E-state index contributed by atoms with van der Waals surface area (Å²) in [5.74, 6) is -1.13. The van der Waals surface area contributed by atoms with Crippen LogP contribution < -0.4 is 27.4 Å². The van der Waals surface area contributed by atoms with Gasteiger partial charge in [0.25, 0.3) is 0 Å². The van der Waals surface area contributed by atoms with E-state index in [1.54, 1.807) is 30.3 Å². The molecule has 0 spiro atoms. The minimum Gasteiger partial charge on any atom is -0.481 e. The second-order valence-electron chi connectivity index (χ2n) is 8.21. The summed E-state index contributed by atoms with van der Waals surface area (Å²) >= 11 is 0. The summed E-state index contributed by atoms with van der Waals surface area (Å²) < 4.78 is 24.7. The molecule has 12 nitrogen and oxygen atoms in total. The quantitative estimate of drug-likeness (QED) is 0.210. The molecule has 0 fully saturated rings. The molecule has 0 aliphatic carbocycles. The number of nitrogens with one attached hydrogen (secondary N) is 3. The lowest BCUT2D eigenvalue weighted by Crippen LogP contribution is -2.33. The van der Waals surface area contributed by atoms with Crippen LogP contribution in [0.15, 0.2) is 77.2 Å². The van der Waals surface area contributed by atoms with Gasteiger partial charge in [-0.2, -0.15) is 8.42 Å². The van der Waals surface area contributed by atoms with Gasteiger partial charge in [0.1, 0.15) is 0 Å². The van der Waals surface area contributed by atoms with E-state index < -0.39 is 34.6 Å². The van der Waals surface area contributed by atoms with Crippen molar-refractivity contribution in [3.8, 4) is 0 Å². The van der Waals surface area contributed by atoms with E-state index in [0.29, 0.717) is 16.9 Å². The van der Waals surface area contributed by atoms with E-state index >= 15 is 0 Å². The number of benzene rings is 3. The first kappa shape index (κ1) is 30.3. The first-order valence-corrected chi connectivity index (χ1v) is 12.8. The lowest BCUT2D eigenvalue weighted by atomic mass is 10.0. The second kappa shape index (κ2) is 15.4. The molecule has 0 aliphatic heterocycles. The molecule has 3 aromatic rings. The molecule has 0 saturated carbocycles. The van der Waals surface area contributed by atoms with Gasteiger partial charge in [-0.05, 0) is 66.1 Å². The Bertz CT molecular complexity index is 1420. The van der Waals surface area contributed by atoms with E-state index in [1.165, 1.54) is 23.8 Å². The number of amides is 4. The number of carboxylic acids is 1. The maximum Gasteiger partial charge on any atom is 0.319 e. The largest absolute Gasteiger partial charge is 0.481 e. The number of nitrogens with two attached hydrogens (primary N) is 2. The smallest absolute Gasteiger partial charge is 0.319 e. The predicted molar refractivity (Wildman–Crippen MR) is 149 cm³/mol. The fourth-order valence-corrected chi connectivity index (χ4v) is 3.72. The van der Waals surface area contributed by atoms with Crippen molar-refractivity contribution in [3.63, 3.8) is 0 Å². The third-order valence-corrected chi connectivity index (χ3v) is 5.40. The molecule has 3 aromatic carbocycles. The van der Waals surface area contributed by atoms with Gasteiger partial charge < -0.3 is 32.5 Å². The molecule has 4 amide bonds. The Labute approximate surface area is 227 Å². The van der Waals surface area contributed by atoms with Crippen molar-refractivity contribution in [1.29, 1.82) is 0 Å². The van der Waals surface area contributed by atoms with Crippen LogP contribution in [0.4, 0.5) is 32.3 Å². The van der Waals surface area contributed by atoms with Crippen LogP contribution in [0.25, 0.3) is 0 Å². The van der Waals surface area contributed by atoms with Gasteiger partial charge in [0.2, 0.25) is 0 Å². The Morgan fingerprint density at radius 1 is 0.949 bits per heavy atom. The van der Waals surface area contributed by atoms with Crippen molar-refractivity contribution in [2.24, 2.45) is 10.1 Å². The van der Waals surface area contributed by atoms with E-state index in [2.05, 4.69) is 27.2 Å². The fraction of sp³-hybridized carbons (Fsp3) is 0.192. The number of nitrogens with zero attached hydrogens (tertiary/aromatic N) is 1. The van der Waals surface area contributed by atoms with Gasteiger partial charge in [-0.3, -0.25) is 4.79 Å². The first-order chi connectivity index (χ1) is 18.5. The molecule has 0 bridgehead atoms. The highest BCUT2D eigenvalue weighted by Gasteiger charge is 2.18. The maximum absolute atomic E-state index is 12.2. The van der Waals surface area contributed by atoms with Crippen LogP contribution in [0, 0.1) is 0 Å². The zero-order valence-corrected chi connectivity index (χ0v) is 21.9. The standard InChI is InChI=1S/C16H16N4O5S.C10H14N2O/c17-11-4-6-12(7-5-11)18-16(23)19-14(9-15(21)22)10-2-1-3-13(8-10)20-26(24)25;1-2-4-8-5-3-6-9(7-8)12-10(11)13/h1-8,14H,9,17H2,(H,21,22)(H2,18,19,23);3,5-7H,2,4H2,1H3,(H3,11,12,13). The zero-order valence-electron chi connectivity index (χ0n) is 21.1. The van der Waals surface area contributed by atoms with E-state index in [-0.39, 0.29) is 12.1 Å². The van der Waals surface area contributed by atoms with Gasteiger partial charge in [-0.25, -0.2) is 9.59 Å². The SMILES string of the molecule is CCCc1cccc(NC(N)=O)c1.Nc1ccc(NC(=O)NC(CC(=O)O)c2cccc(N=S(=O)=O)c2)cc1. The molecule has 13 heteroatoms. The predicted octanol–water partition coefficient (Wildman–Crippen LogP) is 4.43. The number of carbonyl (C=O) groups is 3. The summed E-state index contributed by atoms with van der Waals surface area (Å²) in [5.41, 5.74) is 14.1. The lowest BCUT2D eigenvalue weighted by Gasteiger charge is -2.18. The van der Waals surface area contributed by atoms with E-state index in [4.69, 9.17) is 16.6 Å². The number of hydrogen-bond donors (Lipinski definition) is 6. The topological polar surface area (TPSA) is 206 Å². The number of anilines is 3. The third kappa shape index (κ3) is 11.8. The molecule has 1 unspecified atom stereocenters. The van der Waals surface area contributed by atoms with Crippen molar-refractivity contribution in [2.45, 2.75) is 32.2 Å². The number of primary amides is 1. The Hall–Kier alpha value is -4.91. The normalized spacial score (nSPS) is 10.7. The Morgan fingerprint density at radius 2 is 1.64 bits per heavy atom. The number of carboxylic acid groups (broad SMARTS) is 1. The van der Waals surface area contributed by atoms with Crippen LogP contribution in [0.3, 0.4) is 0 Å². The molecule has 0 radical (unpaired) electrons. The Morgan fingerprint density at radius 3 is 2.26 bits per heavy atom. The molecular formula is C26H30N6O6S. The highest BCUT2D eigenvalue weighted by Crippen LogP contribution is 2.23. The van der Waals surface area contributed by atoms with Crippen LogP contribution in [0.2, 0.25) is 0 Å². The Balaban J connectivity index is 0.000000344. The number of carbonyl (C=O) groups excluding carboxylic acids is 2. The summed E-state index contributed by atoms with van der Waals surface area (Å²) in [6.45, 7) is 2.12. The van der Waals surface area contributed by atoms with Crippen molar-refractivity contribution >= 4 is 51.3 Å². The average Bonchev–Trinajstić information content (AvgIpc) is 2.85. The summed E-state index contributed by atoms with van der Waals surface area (Å²) in [4.78, 5) is 33.8. The highest BCUT2D eigenvalue weighted by molar-refractivity contribution is 7.61. The third-order valence-electron chi connectivity index (χ3n) is 5.04. The van der Waals surface area contributed by atoms with E-state index in [0.717, 1.165) is 18.5 Å². The van der Waals surface area contributed by atoms with Crippen LogP contribution in [0.1, 0.15) is 36.9 Å². The van der Waals surface area contributed by atoms with E-state index in [9.17, 15) is 22.8 Å². The number of hydrogen-bond acceptors (Lipinski definition) is 7. The van der Waals surface area contributed by atoms with Crippen molar-refractivity contribution in [2.75, 3.05) is 16.4 Å². The number of rotatable bonds is 9.